The van der Waals surface area contributed by atoms with Crippen LogP contribution in [0, 0.1) is 6.92 Å². The minimum Gasteiger partial charge on any atom is -0.308 e. The van der Waals surface area contributed by atoms with Gasteiger partial charge in [-0.25, -0.2) is 0 Å². The molecule has 0 aliphatic carbocycles. The van der Waals surface area contributed by atoms with E-state index < -0.39 is 0 Å². The van der Waals surface area contributed by atoms with Crippen LogP contribution in [0.1, 0.15) is 21.6 Å². The monoisotopic (exact) mass is 335 g/mol. The van der Waals surface area contributed by atoms with E-state index in [1.807, 2.05) is 45.3 Å². The Kier molecular flexibility index (Phi) is 4.73. The first kappa shape index (κ1) is 14.9. The van der Waals surface area contributed by atoms with Crippen molar-refractivity contribution in [3.63, 3.8) is 0 Å². The normalized spacial score (nSPS) is 11.1. The van der Waals surface area contributed by atoms with Crippen LogP contribution in [-0.2, 0) is 6.54 Å². The van der Waals surface area contributed by atoms with Gasteiger partial charge in [-0.15, -0.1) is 0 Å². The van der Waals surface area contributed by atoms with Gasteiger partial charge in [0.1, 0.15) is 5.69 Å². The number of carbonyl (C=O) groups excluding carboxylic acids is 1. The van der Waals surface area contributed by atoms with Crippen LogP contribution in [0.2, 0.25) is 0 Å². The SMILES string of the molecule is Cc1ccccc1C(=O)c1c(Br)cnn1CCN(C)C. The molecule has 2 rings (SSSR count). The molecule has 0 spiro atoms. The van der Waals surface area contributed by atoms with Gasteiger partial charge in [0.05, 0.1) is 17.2 Å². The number of hydrogen-bond acceptors (Lipinski definition) is 3. The first-order valence-electron chi connectivity index (χ1n) is 6.47. The topological polar surface area (TPSA) is 38.1 Å². The van der Waals surface area contributed by atoms with Gasteiger partial charge >= 0.3 is 0 Å². The predicted octanol–water partition coefficient (Wildman–Crippen LogP) is 2.75. The lowest BCUT2D eigenvalue weighted by Crippen LogP contribution is -2.22. The minimum absolute atomic E-state index is 0.00577. The number of aryl methyl sites for hydroxylation is 1. The fourth-order valence-electron chi connectivity index (χ4n) is 2.01. The van der Waals surface area contributed by atoms with Gasteiger partial charge in [-0.1, -0.05) is 24.3 Å². The van der Waals surface area contributed by atoms with Crippen LogP contribution < -0.4 is 0 Å². The molecular formula is C15H18BrN3O. The molecular weight excluding hydrogens is 318 g/mol. The van der Waals surface area contributed by atoms with Gasteiger partial charge in [0, 0.05) is 12.1 Å². The Morgan fingerprint density at radius 2 is 2.05 bits per heavy atom. The lowest BCUT2D eigenvalue weighted by molar-refractivity contribution is 0.102. The van der Waals surface area contributed by atoms with Crippen LogP contribution in [0.15, 0.2) is 34.9 Å². The maximum atomic E-state index is 12.7. The Balaban J connectivity index is 2.35. The van der Waals surface area contributed by atoms with Crippen molar-refractivity contribution in [1.82, 2.24) is 14.7 Å². The van der Waals surface area contributed by atoms with Crippen molar-refractivity contribution in [1.29, 1.82) is 0 Å². The maximum Gasteiger partial charge on any atom is 0.212 e. The van der Waals surface area contributed by atoms with Gasteiger partial charge in [0.15, 0.2) is 0 Å². The van der Waals surface area contributed by atoms with E-state index in [-0.39, 0.29) is 5.78 Å². The molecule has 0 radical (unpaired) electrons. The standard InChI is InChI=1S/C15H18BrN3O/c1-11-6-4-5-7-12(11)15(20)14-13(16)10-17-19(14)9-8-18(2)3/h4-7,10H,8-9H2,1-3H3. The summed E-state index contributed by atoms with van der Waals surface area (Å²) < 4.78 is 2.50. The molecule has 0 saturated carbocycles. The first-order valence-corrected chi connectivity index (χ1v) is 7.26. The summed E-state index contributed by atoms with van der Waals surface area (Å²) in [4.78, 5) is 14.8. The molecule has 0 aliphatic heterocycles. The van der Waals surface area contributed by atoms with Crippen molar-refractivity contribution >= 4 is 21.7 Å². The van der Waals surface area contributed by atoms with Gasteiger partial charge in [0.25, 0.3) is 0 Å². The van der Waals surface area contributed by atoms with Crippen LogP contribution in [0.5, 0.6) is 0 Å². The fraction of sp³-hybridized carbons (Fsp3) is 0.333. The third kappa shape index (κ3) is 3.16. The molecule has 1 aromatic carbocycles. The summed E-state index contributed by atoms with van der Waals surface area (Å²) in [5.74, 6) is 0.00577. The van der Waals surface area contributed by atoms with Crippen LogP contribution in [-0.4, -0.2) is 41.1 Å². The highest BCUT2D eigenvalue weighted by molar-refractivity contribution is 9.10. The molecule has 106 valence electrons. The molecule has 1 heterocycles. The van der Waals surface area contributed by atoms with E-state index in [1.54, 1.807) is 10.9 Å². The Labute approximate surface area is 127 Å². The molecule has 0 N–H and O–H groups in total. The van der Waals surface area contributed by atoms with Gasteiger partial charge in [-0.2, -0.15) is 5.10 Å². The number of halogens is 1. The highest BCUT2D eigenvalue weighted by atomic mass is 79.9. The largest absolute Gasteiger partial charge is 0.308 e. The van der Waals surface area contributed by atoms with Crippen molar-refractivity contribution in [3.8, 4) is 0 Å². The quantitative estimate of drug-likeness (QED) is 0.788. The van der Waals surface area contributed by atoms with Crippen molar-refractivity contribution in [2.75, 3.05) is 20.6 Å². The summed E-state index contributed by atoms with van der Waals surface area (Å²) in [6, 6.07) is 7.62. The number of ketones is 1. The molecule has 5 heteroatoms. The fourth-order valence-corrected chi connectivity index (χ4v) is 2.48. The number of benzene rings is 1. The third-order valence-electron chi connectivity index (χ3n) is 3.16. The Hall–Kier alpha value is -1.46. The van der Waals surface area contributed by atoms with Gasteiger partial charge in [-0.05, 0) is 42.5 Å². The number of rotatable bonds is 5. The second-order valence-electron chi connectivity index (χ2n) is 5.01. The summed E-state index contributed by atoms with van der Waals surface area (Å²) >= 11 is 3.43. The molecule has 0 saturated heterocycles. The van der Waals surface area contributed by atoms with Crippen molar-refractivity contribution in [3.05, 3.63) is 51.8 Å². The zero-order chi connectivity index (χ0) is 14.7. The molecule has 1 aromatic heterocycles. The first-order chi connectivity index (χ1) is 9.50. The van der Waals surface area contributed by atoms with Crippen LogP contribution >= 0.6 is 15.9 Å². The molecule has 0 atom stereocenters. The Morgan fingerprint density at radius 1 is 1.35 bits per heavy atom. The van der Waals surface area contributed by atoms with E-state index in [9.17, 15) is 4.79 Å². The molecule has 0 unspecified atom stereocenters. The molecule has 2 aromatic rings. The van der Waals surface area contributed by atoms with Crippen molar-refractivity contribution < 1.29 is 4.79 Å². The predicted molar refractivity (Wildman–Crippen MR) is 83.1 cm³/mol. The summed E-state index contributed by atoms with van der Waals surface area (Å²) in [5.41, 5.74) is 2.31. The maximum absolute atomic E-state index is 12.7. The zero-order valence-corrected chi connectivity index (χ0v) is 13.5. The molecule has 0 fully saturated rings. The highest BCUT2D eigenvalue weighted by Gasteiger charge is 2.20. The van der Waals surface area contributed by atoms with E-state index in [0.717, 1.165) is 22.1 Å². The van der Waals surface area contributed by atoms with Gasteiger partial charge in [-0.3, -0.25) is 9.48 Å². The number of carbonyl (C=O) groups is 1. The van der Waals surface area contributed by atoms with Crippen molar-refractivity contribution in [2.45, 2.75) is 13.5 Å². The summed E-state index contributed by atoms with van der Waals surface area (Å²) in [7, 11) is 4.00. The van der Waals surface area contributed by atoms with Crippen LogP contribution in [0.3, 0.4) is 0 Å². The molecule has 0 bridgehead atoms. The molecule has 0 aliphatic rings. The summed E-state index contributed by atoms with van der Waals surface area (Å²) in [5, 5.41) is 4.29. The second-order valence-corrected chi connectivity index (χ2v) is 5.87. The van der Waals surface area contributed by atoms with Crippen LogP contribution in [0.25, 0.3) is 0 Å². The Morgan fingerprint density at radius 3 is 2.70 bits per heavy atom. The molecule has 0 amide bonds. The second kappa shape index (κ2) is 6.33. The molecule has 20 heavy (non-hydrogen) atoms. The van der Waals surface area contributed by atoms with Gasteiger partial charge in [0.2, 0.25) is 5.78 Å². The lowest BCUT2D eigenvalue weighted by atomic mass is 10.0. The average Bonchev–Trinajstić information content (AvgIpc) is 2.77. The highest BCUT2D eigenvalue weighted by Crippen LogP contribution is 2.21. The van der Waals surface area contributed by atoms with E-state index in [1.165, 1.54) is 0 Å². The van der Waals surface area contributed by atoms with E-state index >= 15 is 0 Å². The Bertz CT molecular complexity index is 619. The van der Waals surface area contributed by atoms with Gasteiger partial charge < -0.3 is 4.90 Å². The molecule has 4 nitrogen and oxygen atoms in total. The van der Waals surface area contributed by atoms with Crippen LogP contribution in [0.4, 0.5) is 0 Å². The smallest absolute Gasteiger partial charge is 0.212 e. The third-order valence-corrected chi connectivity index (χ3v) is 3.74. The summed E-state index contributed by atoms with van der Waals surface area (Å²) in [6.45, 7) is 3.47. The number of hydrogen-bond donors (Lipinski definition) is 0. The number of nitrogens with zero attached hydrogens (tertiary/aromatic N) is 3. The number of aromatic nitrogens is 2. The summed E-state index contributed by atoms with van der Waals surface area (Å²) in [6.07, 6.45) is 1.68. The van der Waals surface area contributed by atoms with E-state index in [2.05, 4.69) is 25.9 Å². The van der Waals surface area contributed by atoms with E-state index in [0.29, 0.717) is 12.2 Å². The zero-order valence-electron chi connectivity index (χ0n) is 11.9. The number of likely N-dealkylation sites (N-methyl/N-ethyl adjacent to an activating group) is 1. The van der Waals surface area contributed by atoms with E-state index in [4.69, 9.17) is 0 Å². The average molecular weight is 336 g/mol. The van der Waals surface area contributed by atoms with Crippen molar-refractivity contribution in [2.24, 2.45) is 0 Å². The lowest BCUT2D eigenvalue weighted by Gasteiger charge is -2.12. The minimum atomic E-state index is 0.00577.